The van der Waals surface area contributed by atoms with Gasteiger partial charge in [-0.2, -0.15) is 5.10 Å². The van der Waals surface area contributed by atoms with Crippen LogP contribution in [0.1, 0.15) is 10.4 Å². The average Bonchev–Trinajstić information content (AvgIpc) is 2.87. The molecule has 2 heterocycles. The molecule has 0 aliphatic carbocycles. The number of anilines is 1. The first-order chi connectivity index (χ1) is 12.7. The third kappa shape index (κ3) is 3.12. The van der Waals surface area contributed by atoms with E-state index in [1.165, 1.54) is 0 Å². The van der Waals surface area contributed by atoms with Crippen LogP contribution in [0.2, 0.25) is 0 Å². The van der Waals surface area contributed by atoms with Gasteiger partial charge in [0.1, 0.15) is 28.6 Å². The van der Waals surface area contributed by atoms with E-state index in [4.69, 9.17) is 10.5 Å². The maximum absolute atomic E-state index is 12.0. The lowest BCUT2D eigenvalue weighted by Gasteiger charge is -2.07. The van der Waals surface area contributed by atoms with E-state index in [0.717, 1.165) is 17.9 Å². The minimum atomic E-state index is -0.500. The van der Waals surface area contributed by atoms with Gasteiger partial charge in [-0.25, -0.2) is 4.68 Å². The minimum Gasteiger partial charge on any atom is -0.457 e. The summed E-state index contributed by atoms with van der Waals surface area (Å²) >= 11 is 0. The summed E-state index contributed by atoms with van der Waals surface area (Å²) in [7, 11) is 0. The molecule has 7 nitrogen and oxygen atoms in total. The molecule has 0 saturated carbocycles. The number of para-hydroxylation sites is 1. The molecular formula is C19H19N5O2. The van der Waals surface area contributed by atoms with Gasteiger partial charge in [0, 0.05) is 18.7 Å². The Morgan fingerprint density at radius 2 is 1.77 bits per heavy atom. The van der Waals surface area contributed by atoms with Crippen LogP contribution in [0.4, 0.5) is 5.82 Å². The Hall–Kier alpha value is -3.32. The van der Waals surface area contributed by atoms with Gasteiger partial charge in [-0.05, 0) is 36.4 Å². The quantitative estimate of drug-likeness (QED) is 0.672. The van der Waals surface area contributed by atoms with Crippen molar-refractivity contribution in [1.29, 1.82) is 0 Å². The van der Waals surface area contributed by atoms with Crippen LogP contribution in [0, 0.1) is 0 Å². The van der Waals surface area contributed by atoms with Crippen molar-refractivity contribution in [2.24, 2.45) is 5.73 Å². The van der Waals surface area contributed by atoms with Gasteiger partial charge >= 0.3 is 0 Å². The molecule has 3 aromatic rings. The van der Waals surface area contributed by atoms with E-state index in [1.54, 1.807) is 4.68 Å². The zero-order valence-electron chi connectivity index (χ0n) is 14.1. The first-order valence-corrected chi connectivity index (χ1v) is 8.41. The number of primary amides is 1. The van der Waals surface area contributed by atoms with E-state index in [9.17, 15) is 4.79 Å². The fourth-order valence-electron chi connectivity index (χ4n) is 2.95. The molecule has 1 aromatic heterocycles. The van der Waals surface area contributed by atoms with E-state index in [1.807, 2.05) is 54.6 Å². The summed E-state index contributed by atoms with van der Waals surface area (Å²) in [5.74, 6) is 1.63. The van der Waals surface area contributed by atoms with Crippen molar-refractivity contribution in [2.45, 2.75) is 6.67 Å². The number of fused-ring (bicyclic) bond motifs is 1. The van der Waals surface area contributed by atoms with E-state index < -0.39 is 5.91 Å². The standard InChI is InChI=1S/C19H19N5O2/c20-18(25)16-17(23-24-12-21-10-11-22-19(16)24)13-6-8-15(9-7-13)26-14-4-2-1-3-5-14/h1-9,21-22H,10-12H2,(H2,20,25). The number of nitrogens with one attached hydrogen (secondary N) is 2. The Morgan fingerprint density at radius 3 is 2.50 bits per heavy atom. The SMILES string of the molecule is NC(=O)c1c(-c2ccc(Oc3ccccc3)cc2)nn2c1NCCNC2. The van der Waals surface area contributed by atoms with Crippen molar-refractivity contribution in [3.8, 4) is 22.8 Å². The monoisotopic (exact) mass is 349 g/mol. The van der Waals surface area contributed by atoms with Crippen molar-refractivity contribution in [1.82, 2.24) is 15.1 Å². The average molecular weight is 349 g/mol. The van der Waals surface area contributed by atoms with E-state index >= 15 is 0 Å². The number of amides is 1. The molecule has 0 bridgehead atoms. The van der Waals surface area contributed by atoms with Crippen molar-refractivity contribution < 1.29 is 9.53 Å². The molecular weight excluding hydrogens is 330 g/mol. The molecule has 2 aromatic carbocycles. The Labute approximate surface area is 150 Å². The first kappa shape index (κ1) is 16.2. The highest BCUT2D eigenvalue weighted by Crippen LogP contribution is 2.31. The maximum Gasteiger partial charge on any atom is 0.254 e. The number of aromatic nitrogens is 2. The van der Waals surface area contributed by atoms with Crippen LogP contribution < -0.4 is 21.1 Å². The summed E-state index contributed by atoms with van der Waals surface area (Å²) in [5, 5.41) is 11.0. The maximum atomic E-state index is 12.0. The molecule has 0 saturated heterocycles. The topological polar surface area (TPSA) is 94.2 Å². The first-order valence-electron chi connectivity index (χ1n) is 8.41. The molecule has 4 N–H and O–H groups in total. The summed E-state index contributed by atoms with van der Waals surface area (Å²) in [5.41, 5.74) is 7.41. The van der Waals surface area contributed by atoms with Gasteiger partial charge in [0.15, 0.2) is 0 Å². The largest absolute Gasteiger partial charge is 0.457 e. The predicted octanol–water partition coefficient (Wildman–Crippen LogP) is 2.41. The molecule has 7 heteroatoms. The number of nitrogens with two attached hydrogens (primary N) is 1. The van der Waals surface area contributed by atoms with Gasteiger partial charge in [0.2, 0.25) is 0 Å². The lowest BCUT2D eigenvalue weighted by Crippen LogP contribution is -2.20. The Bertz CT molecular complexity index is 919. The van der Waals surface area contributed by atoms with Gasteiger partial charge in [-0.3, -0.25) is 10.1 Å². The van der Waals surface area contributed by atoms with Gasteiger partial charge in [-0.1, -0.05) is 18.2 Å². The number of benzene rings is 2. The van der Waals surface area contributed by atoms with E-state index in [-0.39, 0.29) is 0 Å². The predicted molar refractivity (Wildman–Crippen MR) is 99.2 cm³/mol. The van der Waals surface area contributed by atoms with Crippen LogP contribution in [-0.2, 0) is 6.67 Å². The van der Waals surface area contributed by atoms with E-state index in [0.29, 0.717) is 36.0 Å². The fourth-order valence-corrected chi connectivity index (χ4v) is 2.95. The molecule has 0 atom stereocenters. The number of rotatable bonds is 4. The van der Waals surface area contributed by atoms with Crippen molar-refractivity contribution >= 4 is 11.7 Å². The Morgan fingerprint density at radius 1 is 1.04 bits per heavy atom. The minimum absolute atomic E-state index is 0.408. The van der Waals surface area contributed by atoms with Crippen LogP contribution in [0.3, 0.4) is 0 Å². The summed E-state index contributed by atoms with van der Waals surface area (Å²) in [6, 6.07) is 17.0. The molecule has 4 rings (SSSR count). The Kier molecular flexibility index (Phi) is 4.28. The highest BCUT2D eigenvalue weighted by atomic mass is 16.5. The summed E-state index contributed by atoms with van der Waals surface area (Å²) in [4.78, 5) is 12.0. The molecule has 1 aliphatic heterocycles. The number of carbonyl (C=O) groups excluding carboxylic acids is 1. The summed E-state index contributed by atoms with van der Waals surface area (Å²) in [6.45, 7) is 2.02. The van der Waals surface area contributed by atoms with E-state index in [2.05, 4.69) is 15.7 Å². The van der Waals surface area contributed by atoms with Gasteiger partial charge in [0.05, 0.1) is 6.67 Å². The van der Waals surface area contributed by atoms with Crippen molar-refractivity contribution in [3.05, 3.63) is 60.2 Å². The molecule has 0 unspecified atom stereocenters. The van der Waals surface area contributed by atoms with Crippen molar-refractivity contribution in [2.75, 3.05) is 18.4 Å². The lowest BCUT2D eigenvalue weighted by molar-refractivity contribution is 0.100. The highest BCUT2D eigenvalue weighted by Gasteiger charge is 2.24. The van der Waals surface area contributed by atoms with Crippen LogP contribution in [0.5, 0.6) is 11.5 Å². The number of hydrogen-bond donors (Lipinski definition) is 3. The Balaban J connectivity index is 1.66. The zero-order chi connectivity index (χ0) is 17.9. The molecule has 132 valence electrons. The summed E-state index contributed by atoms with van der Waals surface area (Å²) in [6.07, 6.45) is 0. The number of ether oxygens (including phenoxy) is 1. The van der Waals surface area contributed by atoms with Gasteiger partial charge < -0.3 is 15.8 Å². The van der Waals surface area contributed by atoms with Crippen LogP contribution in [0.15, 0.2) is 54.6 Å². The second-order valence-electron chi connectivity index (χ2n) is 5.96. The molecule has 0 radical (unpaired) electrons. The lowest BCUT2D eigenvalue weighted by atomic mass is 10.1. The molecule has 26 heavy (non-hydrogen) atoms. The second-order valence-corrected chi connectivity index (χ2v) is 5.96. The number of hydrogen-bond acceptors (Lipinski definition) is 5. The van der Waals surface area contributed by atoms with Crippen LogP contribution in [-0.4, -0.2) is 28.8 Å². The second kappa shape index (κ2) is 6.89. The molecule has 1 aliphatic rings. The number of carbonyl (C=O) groups is 1. The zero-order valence-corrected chi connectivity index (χ0v) is 14.1. The number of nitrogens with zero attached hydrogens (tertiary/aromatic N) is 2. The van der Waals surface area contributed by atoms with Crippen LogP contribution >= 0.6 is 0 Å². The fraction of sp³-hybridized carbons (Fsp3) is 0.158. The third-order valence-corrected chi connectivity index (χ3v) is 4.16. The van der Waals surface area contributed by atoms with Gasteiger partial charge in [-0.15, -0.1) is 0 Å². The third-order valence-electron chi connectivity index (χ3n) is 4.16. The molecule has 0 spiro atoms. The highest BCUT2D eigenvalue weighted by molar-refractivity contribution is 6.03. The normalized spacial score (nSPS) is 13.4. The smallest absolute Gasteiger partial charge is 0.254 e. The van der Waals surface area contributed by atoms with Crippen LogP contribution in [0.25, 0.3) is 11.3 Å². The van der Waals surface area contributed by atoms with Gasteiger partial charge in [0.25, 0.3) is 5.91 Å². The van der Waals surface area contributed by atoms with Crippen molar-refractivity contribution in [3.63, 3.8) is 0 Å². The summed E-state index contributed by atoms with van der Waals surface area (Å²) < 4.78 is 7.54. The molecule has 1 amide bonds. The molecule has 0 fully saturated rings.